The molecule has 4 nitrogen and oxygen atoms in total. The van der Waals surface area contributed by atoms with Gasteiger partial charge in [0.25, 0.3) is 0 Å². The molecule has 0 saturated carbocycles. The van der Waals surface area contributed by atoms with Gasteiger partial charge in [-0.2, -0.15) is 5.10 Å². The second kappa shape index (κ2) is 6.70. The monoisotopic (exact) mass is 291 g/mol. The first kappa shape index (κ1) is 14.8. The van der Waals surface area contributed by atoms with Crippen molar-refractivity contribution < 1.29 is 4.74 Å². The van der Waals surface area contributed by atoms with E-state index in [9.17, 15) is 0 Å². The summed E-state index contributed by atoms with van der Waals surface area (Å²) in [7, 11) is 0. The average Bonchev–Trinajstić information content (AvgIpc) is 2.78. The molecule has 0 fully saturated rings. The summed E-state index contributed by atoms with van der Waals surface area (Å²) < 4.78 is 8.37. The maximum atomic E-state index is 5.67. The molecule has 5 heteroatoms. The number of hydrogen-bond acceptors (Lipinski definition) is 3. The van der Waals surface area contributed by atoms with E-state index in [1.54, 1.807) is 0 Å². The molecule has 0 saturated heterocycles. The molecular weight excluding hydrogens is 270 g/mol. The summed E-state index contributed by atoms with van der Waals surface area (Å²) in [5, 5.41) is 7.23. The largest absolute Gasteiger partial charge is 0.494 e. The van der Waals surface area contributed by atoms with Crippen LogP contribution in [0, 0.1) is 10.7 Å². The first-order valence-electron chi connectivity index (χ1n) is 7.00. The topological polar surface area (TPSA) is 42.8 Å². The van der Waals surface area contributed by atoms with Gasteiger partial charge in [-0.25, -0.2) is 0 Å². The molecule has 1 N–H and O–H groups in total. The highest BCUT2D eigenvalue weighted by Crippen LogP contribution is 2.23. The van der Waals surface area contributed by atoms with E-state index in [-0.39, 0.29) is 0 Å². The zero-order chi connectivity index (χ0) is 14.5. The average molecular weight is 291 g/mol. The molecule has 0 aliphatic carbocycles. The van der Waals surface area contributed by atoms with E-state index in [0.29, 0.717) is 10.7 Å². The molecule has 1 aromatic carbocycles. The summed E-state index contributed by atoms with van der Waals surface area (Å²) in [6.07, 6.45) is 0.996. The number of ether oxygens (including phenoxy) is 1. The molecule has 0 unspecified atom stereocenters. The number of nitrogens with zero attached hydrogens (tertiary/aromatic N) is 2. The zero-order valence-electron chi connectivity index (χ0n) is 12.2. The van der Waals surface area contributed by atoms with Gasteiger partial charge in [-0.3, -0.25) is 9.67 Å². The minimum Gasteiger partial charge on any atom is -0.494 e. The molecule has 108 valence electrons. The molecule has 20 heavy (non-hydrogen) atoms. The van der Waals surface area contributed by atoms with Gasteiger partial charge in [0.05, 0.1) is 6.61 Å². The Morgan fingerprint density at radius 2 is 2.20 bits per heavy atom. The van der Waals surface area contributed by atoms with E-state index in [1.165, 1.54) is 0 Å². The summed E-state index contributed by atoms with van der Waals surface area (Å²) in [4.78, 5) is 0. The fraction of sp³-hybridized carbons (Fsp3) is 0.467. The number of nitrogens with one attached hydrogen (secondary N) is 1. The van der Waals surface area contributed by atoms with Crippen LogP contribution in [-0.4, -0.2) is 21.4 Å². The van der Waals surface area contributed by atoms with Crippen molar-refractivity contribution in [1.82, 2.24) is 14.8 Å². The van der Waals surface area contributed by atoms with Crippen LogP contribution in [0.5, 0.6) is 5.75 Å². The highest BCUT2D eigenvalue weighted by atomic mass is 32.1. The molecule has 0 radical (unpaired) electrons. The van der Waals surface area contributed by atoms with Crippen molar-refractivity contribution in [2.24, 2.45) is 5.92 Å². The minimum absolute atomic E-state index is 0.512. The second-order valence-corrected chi connectivity index (χ2v) is 5.62. The minimum atomic E-state index is 0.512. The Balaban J connectivity index is 2.34. The predicted molar refractivity (Wildman–Crippen MR) is 83.5 cm³/mol. The van der Waals surface area contributed by atoms with Gasteiger partial charge in [-0.15, -0.1) is 0 Å². The molecule has 1 heterocycles. The van der Waals surface area contributed by atoms with Crippen LogP contribution >= 0.6 is 12.2 Å². The lowest BCUT2D eigenvalue weighted by Gasteiger charge is -2.10. The van der Waals surface area contributed by atoms with Crippen molar-refractivity contribution in [3.63, 3.8) is 0 Å². The van der Waals surface area contributed by atoms with Crippen LogP contribution in [0.3, 0.4) is 0 Å². The summed E-state index contributed by atoms with van der Waals surface area (Å²) in [5.41, 5.74) is 1.02. The van der Waals surface area contributed by atoms with Gasteiger partial charge in [-0.1, -0.05) is 32.9 Å². The molecule has 0 spiro atoms. The van der Waals surface area contributed by atoms with Crippen molar-refractivity contribution in [3.8, 4) is 17.1 Å². The van der Waals surface area contributed by atoms with Gasteiger partial charge in [0.1, 0.15) is 5.75 Å². The van der Waals surface area contributed by atoms with Crippen LogP contribution in [0.2, 0.25) is 0 Å². The molecule has 0 atom stereocenters. The van der Waals surface area contributed by atoms with E-state index >= 15 is 0 Å². The van der Waals surface area contributed by atoms with Crippen LogP contribution in [0.1, 0.15) is 27.2 Å². The quantitative estimate of drug-likeness (QED) is 0.816. The number of hydrogen-bond donors (Lipinski definition) is 1. The van der Waals surface area contributed by atoms with Gasteiger partial charge in [0, 0.05) is 12.1 Å². The number of benzene rings is 1. The summed E-state index contributed by atoms with van der Waals surface area (Å²) in [6.45, 7) is 8.00. The van der Waals surface area contributed by atoms with Crippen LogP contribution in [0.25, 0.3) is 11.4 Å². The van der Waals surface area contributed by atoms with E-state index in [1.807, 2.05) is 28.8 Å². The standard InChI is InChI=1S/C15H21N3OS/c1-4-8-19-13-7-5-6-12(9-13)14-16-17-15(20)18(14)10-11(2)3/h5-7,9,11H,4,8,10H2,1-3H3,(H,17,20). The van der Waals surface area contributed by atoms with E-state index < -0.39 is 0 Å². The highest BCUT2D eigenvalue weighted by molar-refractivity contribution is 7.71. The number of H-pyrrole nitrogens is 1. The fourth-order valence-corrected chi connectivity index (χ4v) is 2.22. The third-order valence-corrected chi connectivity index (χ3v) is 3.18. The van der Waals surface area contributed by atoms with Crippen molar-refractivity contribution in [1.29, 1.82) is 0 Å². The predicted octanol–water partition coefficient (Wildman–Crippen LogP) is 4.05. The van der Waals surface area contributed by atoms with Gasteiger partial charge in [0.2, 0.25) is 0 Å². The van der Waals surface area contributed by atoms with Gasteiger partial charge >= 0.3 is 0 Å². The number of aromatic amines is 1. The lowest BCUT2D eigenvalue weighted by Crippen LogP contribution is -2.06. The van der Waals surface area contributed by atoms with Crippen LogP contribution in [0.4, 0.5) is 0 Å². The van der Waals surface area contributed by atoms with Crippen molar-refractivity contribution in [2.75, 3.05) is 6.61 Å². The van der Waals surface area contributed by atoms with E-state index in [4.69, 9.17) is 17.0 Å². The van der Waals surface area contributed by atoms with Gasteiger partial charge in [0.15, 0.2) is 10.6 Å². The molecule has 1 aromatic heterocycles. The maximum Gasteiger partial charge on any atom is 0.195 e. The van der Waals surface area contributed by atoms with Crippen LogP contribution in [-0.2, 0) is 6.54 Å². The maximum absolute atomic E-state index is 5.67. The summed E-state index contributed by atoms with van der Waals surface area (Å²) >= 11 is 5.31. The zero-order valence-corrected chi connectivity index (χ0v) is 13.0. The Bertz CT molecular complexity index is 616. The smallest absolute Gasteiger partial charge is 0.195 e. The molecular formula is C15H21N3OS. The second-order valence-electron chi connectivity index (χ2n) is 5.23. The Labute approximate surface area is 124 Å². The molecule has 0 amide bonds. The normalized spacial score (nSPS) is 11.0. The third-order valence-electron chi connectivity index (χ3n) is 2.87. The lowest BCUT2D eigenvalue weighted by atomic mass is 10.2. The molecule has 2 aromatic rings. The number of aromatic nitrogens is 3. The van der Waals surface area contributed by atoms with Crippen molar-refractivity contribution in [3.05, 3.63) is 29.0 Å². The lowest BCUT2D eigenvalue weighted by molar-refractivity contribution is 0.317. The van der Waals surface area contributed by atoms with Crippen LogP contribution in [0.15, 0.2) is 24.3 Å². The Kier molecular flexibility index (Phi) is 4.95. The first-order valence-corrected chi connectivity index (χ1v) is 7.41. The molecule has 0 aliphatic heterocycles. The third kappa shape index (κ3) is 3.48. The van der Waals surface area contributed by atoms with E-state index in [2.05, 4.69) is 31.0 Å². The fourth-order valence-electron chi connectivity index (χ4n) is 2.02. The molecule has 2 rings (SSSR count). The van der Waals surface area contributed by atoms with Gasteiger partial charge in [-0.05, 0) is 36.7 Å². The Morgan fingerprint density at radius 3 is 2.90 bits per heavy atom. The van der Waals surface area contributed by atoms with Crippen molar-refractivity contribution in [2.45, 2.75) is 33.7 Å². The van der Waals surface area contributed by atoms with E-state index in [0.717, 1.165) is 36.7 Å². The summed E-state index contributed by atoms with van der Waals surface area (Å²) in [5.74, 6) is 2.25. The summed E-state index contributed by atoms with van der Waals surface area (Å²) in [6, 6.07) is 7.99. The Hall–Kier alpha value is -1.62. The first-order chi connectivity index (χ1) is 9.61. The highest BCUT2D eigenvalue weighted by Gasteiger charge is 2.10. The van der Waals surface area contributed by atoms with Gasteiger partial charge < -0.3 is 4.74 Å². The van der Waals surface area contributed by atoms with Crippen LogP contribution < -0.4 is 4.74 Å². The number of rotatable bonds is 6. The molecule has 0 aliphatic rings. The van der Waals surface area contributed by atoms with Crippen molar-refractivity contribution >= 4 is 12.2 Å². The SMILES string of the molecule is CCCOc1cccc(-c2n[nH]c(=S)n2CC(C)C)c1. The molecule has 0 bridgehead atoms. The Morgan fingerprint density at radius 1 is 1.40 bits per heavy atom.